The third-order valence-corrected chi connectivity index (χ3v) is 8.42. The Morgan fingerprint density at radius 2 is 1.44 bits per heavy atom. The fraction of sp³-hybridized carbons (Fsp3) is 0.225. The smallest absolute Gasteiger partial charge is 0.216 e. The zero-order valence-corrected chi connectivity index (χ0v) is 27.7. The number of nitrogens with zero attached hydrogens (tertiary/aromatic N) is 5. The lowest BCUT2D eigenvalue weighted by molar-refractivity contribution is -0.235. The van der Waals surface area contributed by atoms with Crippen LogP contribution in [0.3, 0.4) is 0 Å². The van der Waals surface area contributed by atoms with Crippen molar-refractivity contribution in [3.63, 3.8) is 0 Å². The van der Waals surface area contributed by atoms with Crippen molar-refractivity contribution >= 4 is 11.0 Å². The molecule has 8 heteroatoms. The van der Waals surface area contributed by atoms with Crippen LogP contribution in [-0.2, 0) is 16.8 Å². The molecule has 0 fully saturated rings. The van der Waals surface area contributed by atoms with Crippen LogP contribution in [0.2, 0.25) is 0 Å². The van der Waals surface area contributed by atoms with Crippen molar-refractivity contribution in [2.24, 2.45) is 0 Å². The third kappa shape index (κ3) is 6.12. The third-order valence-electron chi connectivity index (χ3n) is 8.42. The molecule has 0 amide bonds. The van der Waals surface area contributed by atoms with Gasteiger partial charge in [-0.25, -0.2) is 14.1 Å². The molecule has 0 saturated heterocycles. The molecule has 4 aromatic carbocycles. The van der Waals surface area contributed by atoms with Gasteiger partial charge < -0.3 is 9.84 Å². The van der Waals surface area contributed by atoms with Gasteiger partial charge in [-0.15, -0.1) is 0 Å². The topological polar surface area (TPSA) is 87.2 Å². The number of fused-ring (bicyclic) bond motifs is 1. The van der Waals surface area contributed by atoms with E-state index >= 15 is 4.39 Å². The second-order valence-corrected chi connectivity index (χ2v) is 13.0. The van der Waals surface area contributed by atoms with Crippen molar-refractivity contribution in [3.05, 3.63) is 155 Å². The van der Waals surface area contributed by atoms with Gasteiger partial charge in [-0.1, -0.05) is 97.1 Å². The maximum absolute atomic E-state index is 16.0. The molecule has 0 aliphatic heterocycles. The van der Waals surface area contributed by atoms with Gasteiger partial charge >= 0.3 is 0 Å². The molecule has 6 aromatic rings. The molecule has 6 rings (SSSR count). The van der Waals surface area contributed by atoms with E-state index in [0.29, 0.717) is 22.2 Å². The molecule has 0 radical (unpaired) electrons. The van der Waals surface area contributed by atoms with E-state index in [2.05, 4.69) is 42.5 Å². The summed E-state index contributed by atoms with van der Waals surface area (Å²) in [7, 11) is 1.71. The first-order chi connectivity index (χ1) is 23.0. The highest BCUT2D eigenvalue weighted by Crippen LogP contribution is 2.42. The number of nitriles is 1. The van der Waals surface area contributed by atoms with Crippen molar-refractivity contribution in [1.29, 1.82) is 5.26 Å². The Morgan fingerprint density at radius 3 is 1.92 bits per heavy atom. The minimum atomic E-state index is -1.16. The van der Waals surface area contributed by atoms with Crippen molar-refractivity contribution in [2.45, 2.75) is 51.8 Å². The normalized spacial score (nSPS) is 12.7. The molecular weight excluding hydrogens is 601 g/mol. The van der Waals surface area contributed by atoms with E-state index in [1.54, 1.807) is 31.1 Å². The summed E-state index contributed by atoms with van der Waals surface area (Å²) in [4.78, 5) is 6.49. The summed E-state index contributed by atoms with van der Waals surface area (Å²) in [6.45, 7) is 7.61. The molecule has 0 bridgehead atoms. The molecule has 1 N–H and O–H groups in total. The first-order valence-corrected chi connectivity index (χ1v) is 15.8. The van der Waals surface area contributed by atoms with Crippen LogP contribution in [0.4, 0.5) is 4.39 Å². The van der Waals surface area contributed by atoms with Crippen molar-refractivity contribution < 1.29 is 14.2 Å². The van der Waals surface area contributed by atoms with Gasteiger partial charge in [0.15, 0.2) is 0 Å². The maximum atomic E-state index is 16.0. The Morgan fingerprint density at radius 1 is 0.896 bits per heavy atom. The molecule has 48 heavy (non-hydrogen) atoms. The van der Waals surface area contributed by atoms with Crippen molar-refractivity contribution in [3.8, 4) is 17.3 Å². The number of rotatable bonds is 9. The fourth-order valence-electron chi connectivity index (χ4n) is 6.38. The zero-order valence-electron chi connectivity index (χ0n) is 27.7. The van der Waals surface area contributed by atoms with E-state index in [9.17, 15) is 10.4 Å². The molecule has 2 heterocycles. The Labute approximate surface area is 280 Å². The fourth-order valence-corrected chi connectivity index (χ4v) is 6.38. The Bertz CT molecular complexity index is 1960. The quantitative estimate of drug-likeness (QED) is 0.128. The summed E-state index contributed by atoms with van der Waals surface area (Å²) in [5.74, 6) is -0.507. The van der Waals surface area contributed by atoms with E-state index in [-0.39, 0.29) is 23.4 Å². The number of aliphatic hydroxyl groups is 1. The largest absolute Gasteiger partial charge is 0.356 e. The molecule has 242 valence electrons. The lowest BCUT2D eigenvalue weighted by atomic mass is 9.77. The lowest BCUT2D eigenvalue weighted by Gasteiger charge is -2.37. The summed E-state index contributed by atoms with van der Waals surface area (Å²) in [6.07, 6.45) is 0.519. The van der Waals surface area contributed by atoms with E-state index in [1.807, 2.05) is 86.1 Å². The van der Waals surface area contributed by atoms with Crippen molar-refractivity contribution in [2.75, 3.05) is 7.05 Å². The van der Waals surface area contributed by atoms with Crippen LogP contribution in [-0.4, -0.2) is 43.8 Å². The Hall–Kier alpha value is -5.20. The number of aryl methyl sites for hydroxylation is 1. The first-order valence-electron chi connectivity index (χ1n) is 15.8. The summed E-state index contributed by atoms with van der Waals surface area (Å²) in [5, 5.41) is 25.9. The Balaban J connectivity index is 1.50. The predicted molar refractivity (Wildman–Crippen MR) is 185 cm³/mol. The number of benzene rings is 4. The van der Waals surface area contributed by atoms with E-state index in [4.69, 9.17) is 14.8 Å². The predicted octanol–water partition coefficient (Wildman–Crippen LogP) is 7.78. The zero-order chi connectivity index (χ0) is 34.1. The average Bonchev–Trinajstić information content (AvgIpc) is 3.48. The monoisotopic (exact) mass is 639 g/mol. The molecule has 0 aliphatic rings. The van der Waals surface area contributed by atoms with Gasteiger partial charge in [-0.05, 0) is 74.7 Å². The molecule has 0 aliphatic carbocycles. The molecule has 1 atom stereocenters. The number of hydrogen-bond donors (Lipinski definition) is 1. The second-order valence-electron chi connectivity index (χ2n) is 13.0. The van der Waals surface area contributed by atoms with Gasteiger partial charge in [0.05, 0.1) is 28.6 Å². The lowest BCUT2D eigenvalue weighted by Crippen LogP contribution is -2.39. The number of halogens is 1. The van der Waals surface area contributed by atoms with Crippen LogP contribution in [0.5, 0.6) is 0 Å². The van der Waals surface area contributed by atoms with Gasteiger partial charge in [0.25, 0.3) is 0 Å². The number of aliphatic hydroxyl groups excluding tert-OH is 1. The van der Waals surface area contributed by atoms with E-state index < -0.39 is 23.4 Å². The molecule has 2 aromatic heterocycles. The standard InChI is InChI=1S/C40H38FN5O2/c1-27-21-28(26-45(5)38(47)48-39(2,3)4)22-33(41)36(27)37-29(24-42)23-35-34(44-37)25-43-46(35)40(30-15-9-6-10-16-30,31-17-11-7-12-18-31)32-19-13-8-14-20-32/h6-23,25,38,47H,26H2,1-5H3. The van der Waals surface area contributed by atoms with Gasteiger partial charge in [0.2, 0.25) is 6.41 Å². The van der Waals surface area contributed by atoms with Gasteiger partial charge in [0, 0.05) is 12.1 Å². The second kappa shape index (κ2) is 13.1. The van der Waals surface area contributed by atoms with E-state index in [0.717, 1.165) is 16.7 Å². The molecule has 7 nitrogen and oxygen atoms in total. The summed E-state index contributed by atoms with van der Waals surface area (Å²) in [6, 6.07) is 37.7. The highest BCUT2D eigenvalue weighted by molar-refractivity contribution is 5.84. The van der Waals surface area contributed by atoms with Crippen LogP contribution in [0.15, 0.2) is 115 Å². The number of ether oxygens (including phenoxy) is 1. The summed E-state index contributed by atoms with van der Waals surface area (Å²) in [5.41, 5.74) is 4.66. The van der Waals surface area contributed by atoms with E-state index in [1.165, 1.54) is 6.07 Å². The van der Waals surface area contributed by atoms with Gasteiger partial charge in [0.1, 0.15) is 22.9 Å². The summed E-state index contributed by atoms with van der Waals surface area (Å²) >= 11 is 0. The molecular formula is C40H38FN5O2. The molecule has 1 unspecified atom stereocenters. The molecule has 0 saturated carbocycles. The van der Waals surface area contributed by atoms with Crippen LogP contribution in [0.25, 0.3) is 22.3 Å². The number of aromatic nitrogens is 3. The minimum Gasteiger partial charge on any atom is -0.356 e. The maximum Gasteiger partial charge on any atom is 0.216 e. The van der Waals surface area contributed by atoms with Crippen LogP contribution >= 0.6 is 0 Å². The van der Waals surface area contributed by atoms with Crippen molar-refractivity contribution in [1.82, 2.24) is 19.7 Å². The average molecular weight is 640 g/mol. The van der Waals surface area contributed by atoms with Crippen LogP contribution in [0, 0.1) is 24.1 Å². The highest BCUT2D eigenvalue weighted by atomic mass is 19.1. The molecule has 0 spiro atoms. The first kappa shape index (κ1) is 32.7. The van der Waals surface area contributed by atoms with Crippen LogP contribution < -0.4 is 0 Å². The number of pyridine rings is 1. The van der Waals surface area contributed by atoms with Gasteiger partial charge in [-0.3, -0.25) is 4.90 Å². The van der Waals surface area contributed by atoms with Gasteiger partial charge in [-0.2, -0.15) is 10.4 Å². The summed E-state index contributed by atoms with van der Waals surface area (Å²) < 4.78 is 23.6. The van der Waals surface area contributed by atoms with Crippen LogP contribution in [0.1, 0.15) is 54.2 Å². The Kier molecular flexibility index (Phi) is 8.95. The minimum absolute atomic E-state index is 0.230. The highest BCUT2D eigenvalue weighted by Gasteiger charge is 2.40. The SMILES string of the molecule is Cc1cc(CN(C)C(O)OC(C)(C)C)cc(F)c1-c1nc2cnn(C(c3ccccc3)(c3ccccc3)c3ccccc3)c2cc1C#N. The number of hydrogen-bond acceptors (Lipinski definition) is 6.